The fourth-order valence-corrected chi connectivity index (χ4v) is 4.11. The van der Waals surface area contributed by atoms with Gasteiger partial charge in [-0.25, -0.2) is 0 Å². The number of hydrogen-bond donors (Lipinski definition) is 2. The molecular weight excluding hydrogens is 326 g/mol. The predicted octanol–water partition coefficient (Wildman–Crippen LogP) is 2.06. The molecule has 2 saturated carbocycles. The third-order valence-electron chi connectivity index (χ3n) is 5.65. The Morgan fingerprint density at radius 3 is 2.35 bits per heavy atom. The molecular formula is C20H39N5O. The lowest BCUT2D eigenvalue weighted by Crippen LogP contribution is -2.45. The fraction of sp³-hybridized carbons (Fsp3) is 0.900. The van der Waals surface area contributed by atoms with Crippen molar-refractivity contribution in [1.82, 2.24) is 20.4 Å². The van der Waals surface area contributed by atoms with Crippen LogP contribution in [0.1, 0.15) is 59.3 Å². The quantitative estimate of drug-likeness (QED) is 0.485. The van der Waals surface area contributed by atoms with Crippen LogP contribution >= 0.6 is 0 Å². The molecule has 150 valence electrons. The maximum Gasteiger partial charge on any atom is 0.230 e. The summed E-state index contributed by atoms with van der Waals surface area (Å²) in [6, 6.07) is 1.36. The van der Waals surface area contributed by atoms with Gasteiger partial charge in [0.2, 0.25) is 5.91 Å². The van der Waals surface area contributed by atoms with Crippen molar-refractivity contribution in [2.75, 3.05) is 40.3 Å². The SMILES string of the molecule is CCNC(=NCC1(C(=O)N(C)C)CCCC1)NCCN(C(C)C)C1CC1. The molecule has 0 spiro atoms. The van der Waals surface area contributed by atoms with E-state index in [4.69, 9.17) is 4.99 Å². The summed E-state index contributed by atoms with van der Waals surface area (Å²) in [6.45, 7) is 9.96. The molecule has 6 nitrogen and oxygen atoms in total. The second-order valence-electron chi connectivity index (χ2n) is 8.37. The standard InChI is InChI=1S/C20H39N5O/c1-6-21-19(22-13-14-25(16(2)3)17-9-10-17)23-15-20(11-7-8-12-20)18(26)24(4)5/h16-17H,6-15H2,1-5H3,(H2,21,22,23). The number of rotatable bonds is 9. The molecule has 0 heterocycles. The highest BCUT2D eigenvalue weighted by Crippen LogP contribution is 2.39. The van der Waals surface area contributed by atoms with E-state index in [1.807, 2.05) is 14.1 Å². The lowest BCUT2D eigenvalue weighted by molar-refractivity contribution is -0.138. The molecule has 2 fully saturated rings. The van der Waals surface area contributed by atoms with Crippen molar-refractivity contribution in [1.29, 1.82) is 0 Å². The molecule has 0 aromatic rings. The molecule has 0 aromatic carbocycles. The Bertz CT molecular complexity index is 477. The lowest BCUT2D eigenvalue weighted by Gasteiger charge is -2.29. The first-order valence-electron chi connectivity index (χ1n) is 10.4. The largest absolute Gasteiger partial charge is 0.357 e. The second-order valence-corrected chi connectivity index (χ2v) is 8.37. The van der Waals surface area contributed by atoms with Gasteiger partial charge in [0.05, 0.1) is 12.0 Å². The van der Waals surface area contributed by atoms with Crippen LogP contribution in [0.3, 0.4) is 0 Å². The molecule has 0 aliphatic heterocycles. The molecule has 0 atom stereocenters. The zero-order chi connectivity index (χ0) is 19.2. The molecule has 1 amide bonds. The Morgan fingerprint density at radius 2 is 1.85 bits per heavy atom. The summed E-state index contributed by atoms with van der Waals surface area (Å²) in [6.07, 6.45) is 6.84. The van der Waals surface area contributed by atoms with Gasteiger partial charge in [0, 0.05) is 45.8 Å². The fourth-order valence-electron chi connectivity index (χ4n) is 4.11. The lowest BCUT2D eigenvalue weighted by atomic mass is 9.85. The van der Waals surface area contributed by atoms with E-state index in [9.17, 15) is 4.79 Å². The van der Waals surface area contributed by atoms with Crippen molar-refractivity contribution in [2.45, 2.75) is 71.4 Å². The van der Waals surface area contributed by atoms with Gasteiger partial charge in [0.25, 0.3) is 0 Å². The summed E-state index contributed by atoms with van der Waals surface area (Å²) < 4.78 is 0. The number of guanidine groups is 1. The molecule has 0 aromatic heterocycles. The van der Waals surface area contributed by atoms with Crippen LogP contribution < -0.4 is 10.6 Å². The first-order valence-corrected chi connectivity index (χ1v) is 10.4. The zero-order valence-corrected chi connectivity index (χ0v) is 17.5. The van der Waals surface area contributed by atoms with Crippen LogP contribution in [-0.2, 0) is 4.79 Å². The Labute approximate surface area is 159 Å². The second kappa shape index (κ2) is 9.58. The first-order chi connectivity index (χ1) is 12.4. The van der Waals surface area contributed by atoms with Gasteiger partial charge in [-0.1, -0.05) is 12.8 Å². The summed E-state index contributed by atoms with van der Waals surface area (Å²) in [7, 11) is 3.71. The average Bonchev–Trinajstić information content (AvgIpc) is 3.32. The molecule has 0 unspecified atom stereocenters. The van der Waals surface area contributed by atoms with Gasteiger partial charge in [-0.05, 0) is 46.5 Å². The minimum Gasteiger partial charge on any atom is -0.357 e. The number of carbonyl (C=O) groups excluding carboxylic acids is 1. The summed E-state index contributed by atoms with van der Waals surface area (Å²) in [4.78, 5) is 21.8. The van der Waals surface area contributed by atoms with E-state index >= 15 is 0 Å². The van der Waals surface area contributed by atoms with Crippen molar-refractivity contribution in [2.24, 2.45) is 10.4 Å². The van der Waals surface area contributed by atoms with E-state index < -0.39 is 0 Å². The minimum absolute atomic E-state index is 0.231. The van der Waals surface area contributed by atoms with Gasteiger partial charge in [0.15, 0.2) is 5.96 Å². The summed E-state index contributed by atoms with van der Waals surface area (Å²) in [5, 5.41) is 6.81. The van der Waals surface area contributed by atoms with Crippen molar-refractivity contribution in [3.63, 3.8) is 0 Å². The highest BCUT2D eigenvalue weighted by atomic mass is 16.2. The summed E-state index contributed by atoms with van der Waals surface area (Å²) >= 11 is 0. The van der Waals surface area contributed by atoms with Crippen LogP contribution in [0.4, 0.5) is 0 Å². The molecule has 0 radical (unpaired) electrons. The maximum atomic E-state index is 12.7. The van der Waals surface area contributed by atoms with Crippen LogP contribution in [0.5, 0.6) is 0 Å². The van der Waals surface area contributed by atoms with Gasteiger partial charge in [0.1, 0.15) is 0 Å². The molecule has 2 aliphatic carbocycles. The molecule has 0 bridgehead atoms. The Balaban J connectivity index is 1.93. The average molecular weight is 366 g/mol. The van der Waals surface area contributed by atoms with E-state index in [2.05, 4.69) is 36.3 Å². The topological polar surface area (TPSA) is 60.0 Å². The van der Waals surface area contributed by atoms with Crippen molar-refractivity contribution in [3.8, 4) is 0 Å². The Hall–Kier alpha value is -1.30. The van der Waals surface area contributed by atoms with Gasteiger partial charge < -0.3 is 15.5 Å². The van der Waals surface area contributed by atoms with Crippen LogP contribution in [-0.4, -0.2) is 74.0 Å². The third-order valence-corrected chi connectivity index (χ3v) is 5.65. The van der Waals surface area contributed by atoms with E-state index in [-0.39, 0.29) is 11.3 Å². The minimum atomic E-state index is -0.302. The first kappa shape index (κ1) is 21.0. The molecule has 2 N–H and O–H groups in total. The Kier molecular flexibility index (Phi) is 7.74. The predicted molar refractivity (Wildman–Crippen MR) is 108 cm³/mol. The zero-order valence-electron chi connectivity index (χ0n) is 17.5. The molecule has 2 aliphatic rings. The monoisotopic (exact) mass is 365 g/mol. The van der Waals surface area contributed by atoms with Crippen LogP contribution in [0.25, 0.3) is 0 Å². The van der Waals surface area contributed by atoms with Gasteiger partial charge in [-0.15, -0.1) is 0 Å². The maximum absolute atomic E-state index is 12.7. The smallest absolute Gasteiger partial charge is 0.230 e. The van der Waals surface area contributed by atoms with Crippen LogP contribution in [0.2, 0.25) is 0 Å². The molecule has 2 rings (SSSR count). The highest BCUT2D eigenvalue weighted by Gasteiger charge is 2.42. The van der Waals surface area contributed by atoms with E-state index in [0.717, 1.165) is 57.3 Å². The van der Waals surface area contributed by atoms with Gasteiger partial charge in [-0.2, -0.15) is 0 Å². The number of nitrogens with one attached hydrogen (secondary N) is 2. The molecule has 6 heteroatoms. The van der Waals surface area contributed by atoms with Crippen LogP contribution in [0, 0.1) is 5.41 Å². The van der Waals surface area contributed by atoms with E-state index in [1.165, 1.54) is 12.8 Å². The Morgan fingerprint density at radius 1 is 1.19 bits per heavy atom. The molecule has 26 heavy (non-hydrogen) atoms. The summed E-state index contributed by atoms with van der Waals surface area (Å²) in [5.41, 5.74) is -0.302. The van der Waals surface area contributed by atoms with Crippen molar-refractivity contribution >= 4 is 11.9 Å². The van der Waals surface area contributed by atoms with E-state index in [1.54, 1.807) is 4.90 Å². The van der Waals surface area contributed by atoms with Crippen molar-refractivity contribution < 1.29 is 4.79 Å². The normalized spacial score (nSPS) is 19.9. The van der Waals surface area contributed by atoms with Gasteiger partial charge >= 0.3 is 0 Å². The van der Waals surface area contributed by atoms with Gasteiger partial charge in [-0.3, -0.25) is 14.7 Å². The molecule has 0 saturated heterocycles. The summed E-state index contributed by atoms with van der Waals surface area (Å²) in [5.74, 6) is 1.07. The number of carbonyl (C=O) groups is 1. The third kappa shape index (κ3) is 5.60. The number of nitrogens with zero attached hydrogens (tertiary/aromatic N) is 3. The highest BCUT2D eigenvalue weighted by molar-refractivity contribution is 5.84. The number of aliphatic imine (C=N–C) groups is 1. The van der Waals surface area contributed by atoms with Crippen LogP contribution in [0.15, 0.2) is 4.99 Å². The van der Waals surface area contributed by atoms with Crippen molar-refractivity contribution in [3.05, 3.63) is 0 Å². The number of amides is 1. The number of hydrogen-bond acceptors (Lipinski definition) is 3. The van der Waals surface area contributed by atoms with E-state index in [0.29, 0.717) is 12.6 Å².